The summed E-state index contributed by atoms with van der Waals surface area (Å²) in [6, 6.07) is -0.675. The number of aliphatic carboxylic acids is 1. The van der Waals surface area contributed by atoms with E-state index in [1.807, 2.05) is 0 Å². The first-order valence-corrected chi connectivity index (χ1v) is 6.43. The molecule has 1 atom stereocenters. The van der Waals surface area contributed by atoms with Crippen molar-refractivity contribution in [3.8, 4) is 0 Å². The molecule has 1 aliphatic heterocycles. The summed E-state index contributed by atoms with van der Waals surface area (Å²) in [5, 5.41) is 11.7. The molecular formula is C13H19NO6. The highest BCUT2D eigenvalue weighted by Crippen LogP contribution is 2.37. The van der Waals surface area contributed by atoms with Gasteiger partial charge in [0.25, 0.3) is 0 Å². The predicted octanol–water partition coefficient (Wildman–Crippen LogP) is 1.04. The lowest BCUT2D eigenvalue weighted by molar-refractivity contribution is -0.163. The summed E-state index contributed by atoms with van der Waals surface area (Å²) in [7, 11) is 0. The van der Waals surface area contributed by atoms with Crippen LogP contribution in [0.15, 0.2) is 11.6 Å². The first kappa shape index (κ1) is 14.8. The lowest BCUT2D eigenvalue weighted by Gasteiger charge is -2.30. The Balaban J connectivity index is 2.10. The normalized spacial score (nSPS) is 24.6. The quantitative estimate of drug-likeness (QED) is 0.787. The summed E-state index contributed by atoms with van der Waals surface area (Å²) >= 11 is 0. The van der Waals surface area contributed by atoms with E-state index in [0.29, 0.717) is 13.2 Å². The first-order valence-electron chi connectivity index (χ1n) is 6.43. The molecule has 7 heteroatoms. The predicted molar refractivity (Wildman–Crippen MR) is 68.1 cm³/mol. The van der Waals surface area contributed by atoms with Crippen molar-refractivity contribution >= 4 is 12.1 Å². The maximum Gasteiger partial charge on any atom is 0.408 e. The molecule has 20 heavy (non-hydrogen) atoms. The van der Waals surface area contributed by atoms with Crippen LogP contribution in [-0.4, -0.2) is 47.8 Å². The molecule has 0 unspecified atom stereocenters. The molecule has 1 saturated heterocycles. The molecule has 0 saturated carbocycles. The van der Waals surface area contributed by atoms with Gasteiger partial charge >= 0.3 is 12.1 Å². The van der Waals surface area contributed by atoms with E-state index in [1.54, 1.807) is 20.8 Å². The number of amides is 1. The standard InChI is InChI=1S/C13H19NO6/c1-12(2,3)20-11(17)14-9-6-8(10(15)16)7-13(9)18-4-5-19-13/h6,9H,4-5,7H2,1-3H3,(H,14,17)(H,15,16)/t9-/m0/s1. The number of nitrogens with one attached hydrogen (secondary N) is 1. The molecule has 1 heterocycles. The minimum Gasteiger partial charge on any atom is -0.478 e. The van der Waals surface area contributed by atoms with Gasteiger partial charge in [0.1, 0.15) is 11.6 Å². The summed E-state index contributed by atoms with van der Waals surface area (Å²) in [5.74, 6) is -2.16. The summed E-state index contributed by atoms with van der Waals surface area (Å²) in [5.41, 5.74) is -0.472. The van der Waals surface area contributed by atoms with Crippen LogP contribution in [0.5, 0.6) is 0 Å². The van der Waals surface area contributed by atoms with E-state index in [1.165, 1.54) is 6.08 Å². The SMILES string of the molecule is CC(C)(C)OC(=O)N[C@H]1C=C(C(=O)O)CC12OCCO2. The minimum atomic E-state index is -1.12. The highest BCUT2D eigenvalue weighted by molar-refractivity contribution is 5.88. The zero-order chi connectivity index (χ0) is 15.0. The van der Waals surface area contributed by atoms with E-state index in [-0.39, 0.29) is 12.0 Å². The van der Waals surface area contributed by atoms with Crippen LogP contribution in [0.1, 0.15) is 27.2 Å². The van der Waals surface area contributed by atoms with Crippen LogP contribution in [-0.2, 0) is 19.0 Å². The molecule has 1 amide bonds. The maximum atomic E-state index is 11.8. The van der Waals surface area contributed by atoms with Gasteiger partial charge in [-0.05, 0) is 26.8 Å². The zero-order valence-electron chi connectivity index (χ0n) is 11.8. The molecule has 2 N–H and O–H groups in total. The van der Waals surface area contributed by atoms with Gasteiger partial charge in [0.15, 0.2) is 5.79 Å². The van der Waals surface area contributed by atoms with Crippen LogP contribution in [0.4, 0.5) is 4.79 Å². The molecule has 7 nitrogen and oxygen atoms in total. The molecule has 0 radical (unpaired) electrons. The van der Waals surface area contributed by atoms with Crippen molar-refractivity contribution in [1.29, 1.82) is 0 Å². The minimum absolute atomic E-state index is 0.1000. The Bertz CT molecular complexity index is 444. The highest BCUT2D eigenvalue weighted by atomic mass is 16.7. The van der Waals surface area contributed by atoms with Crippen molar-refractivity contribution in [3.63, 3.8) is 0 Å². The Morgan fingerprint density at radius 2 is 2.00 bits per heavy atom. The third-order valence-electron chi connectivity index (χ3n) is 3.00. The smallest absolute Gasteiger partial charge is 0.408 e. The van der Waals surface area contributed by atoms with Crippen molar-refractivity contribution in [3.05, 3.63) is 11.6 Å². The van der Waals surface area contributed by atoms with Gasteiger partial charge in [-0.1, -0.05) is 0 Å². The van der Waals surface area contributed by atoms with Crippen molar-refractivity contribution < 1.29 is 28.9 Å². The number of carbonyl (C=O) groups excluding carboxylic acids is 1. The van der Waals surface area contributed by atoms with E-state index in [0.717, 1.165) is 0 Å². The molecule has 0 aromatic heterocycles. The number of alkyl carbamates (subject to hydrolysis) is 1. The Morgan fingerprint density at radius 3 is 2.50 bits per heavy atom. The lowest BCUT2D eigenvalue weighted by atomic mass is 10.1. The third kappa shape index (κ3) is 3.10. The molecule has 0 aromatic rings. The monoisotopic (exact) mass is 285 g/mol. The van der Waals surface area contributed by atoms with Crippen LogP contribution >= 0.6 is 0 Å². The maximum absolute atomic E-state index is 11.8. The first-order chi connectivity index (χ1) is 9.22. The lowest BCUT2D eigenvalue weighted by Crippen LogP contribution is -2.51. The molecular weight excluding hydrogens is 266 g/mol. The molecule has 2 aliphatic rings. The fourth-order valence-corrected chi connectivity index (χ4v) is 2.25. The van der Waals surface area contributed by atoms with Crippen molar-refractivity contribution in [2.24, 2.45) is 0 Å². The van der Waals surface area contributed by atoms with Gasteiger partial charge in [0, 0.05) is 12.0 Å². The molecule has 1 fully saturated rings. The van der Waals surface area contributed by atoms with E-state index in [4.69, 9.17) is 19.3 Å². The second-order valence-corrected chi connectivity index (χ2v) is 5.81. The second kappa shape index (κ2) is 5.06. The highest BCUT2D eigenvalue weighted by Gasteiger charge is 2.50. The number of carbonyl (C=O) groups is 2. The molecule has 1 spiro atoms. The van der Waals surface area contributed by atoms with Crippen LogP contribution in [0.2, 0.25) is 0 Å². The fraction of sp³-hybridized carbons (Fsp3) is 0.692. The Hall–Kier alpha value is -1.60. The van der Waals surface area contributed by atoms with E-state index in [2.05, 4.69) is 5.32 Å². The zero-order valence-corrected chi connectivity index (χ0v) is 11.8. The Labute approximate surface area is 116 Å². The van der Waals surface area contributed by atoms with Crippen LogP contribution in [0.25, 0.3) is 0 Å². The molecule has 2 rings (SSSR count). The number of hydrogen-bond acceptors (Lipinski definition) is 5. The van der Waals surface area contributed by atoms with Crippen LogP contribution in [0.3, 0.4) is 0 Å². The van der Waals surface area contributed by atoms with Gasteiger partial charge < -0.3 is 24.6 Å². The summed E-state index contributed by atoms with van der Waals surface area (Å²) in [4.78, 5) is 22.9. The topological polar surface area (TPSA) is 94.1 Å². The van der Waals surface area contributed by atoms with E-state index < -0.39 is 29.5 Å². The largest absolute Gasteiger partial charge is 0.478 e. The van der Waals surface area contributed by atoms with Gasteiger partial charge in [-0.15, -0.1) is 0 Å². The van der Waals surface area contributed by atoms with Crippen molar-refractivity contribution in [2.45, 2.75) is 44.6 Å². The molecule has 1 aliphatic carbocycles. The number of ether oxygens (including phenoxy) is 3. The Kier molecular flexibility index (Phi) is 3.75. The summed E-state index contributed by atoms with van der Waals surface area (Å²) in [6.07, 6.45) is 0.907. The Morgan fingerprint density at radius 1 is 1.40 bits per heavy atom. The van der Waals surface area contributed by atoms with Crippen LogP contribution < -0.4 is 5.32 Å². The summed E-state index contributed by atoms with van der Waals surface area (Å²) < 4.78 is 16.2. The average molecular weight is 285 g/mol. The molecule has 0 aromatic carbocycles. The second-order valence-electron chi connectivity index (χ2n) is 5.81. The molecule has 0 bridgehead atoms. The van der Waals surface area contributed by atoms with E-state index in [9.17, 15) is 9.59 Å². The fourth-order valence-electron chi connectivity index (χ4n) is 2.25. The number of hydrogen-bond donors (Lipinski definition) is 2. The van der Waals surface area contributed by atoms with Gasteiger partial charge in [-0.2, -0.15) is 0 Å². The van der Waals surface area contributed by atoms with Gasteiger partial charge in [0.2, 0.25) is 0 Å². The van der Waals surface area contributed by atoms with Gasteiger partial charge in [-0.25, -0.2) is 9.59 Å². The molecule has 112 valence electrons. The average Bonchev–Trinajstić information content (AvgIpc) is 2.86. The number of carboxylic acids is 1. The third-order valence-corrected chi connectivity index (χ3v) is 3.00. The van der Waals surface area contributed by atoms with Gasteiger partial charge in [0.05, 0.1) is 13.2 Å². The number of rotatable bonds is 2. The van der Waals surface area contributed by atoms with Crippen molar-refractivity contribution in [2.75, 3.05) is 13.2 Å². The summed E-state index contributed by atoms with van der Waals surface area (Å²) in [6.45, 7) is 5.98. The van der Waals surface area contributed by atoms with Crippen molar-refractivity contribution in [1.82, 2.24) is 5.32 Å². The van der Waals surface area contributed by atoms with Crippen LogP contribution in [0, 0.1) is 0 Å². The number of carboxylic acid groups (broad SMARTS) is 1. The van der Waals surface area contributed by atoms with Gasteiger partial charge in [-0.3, -0.25) is 0 Å². The van der Waals surface area contributed by atoms with E-state index >= 15 is 0 Å².